The van der Waals surface area contributed by atoms with Crippen molar-refractivity contribution in [1.29, 1.82) is 5.26 Å². The first-order valence-corrected chi connectivity index (χ1v) is 5.41. The van der Waals surface area contributed by atoms with Gasteiger partial charge >= 0.3 is 4.87 Å². The average molecular weight is 234 g/mol. The van der Waals surface area contributed by atoms with Crippen LogP contribution in [-0.2, 0) is 6.54 Å². The first kappa shape index (κ1) is 10.6. The Kier molecular flexibility index (Phi) is 2.84. The van der Waals surface area contributed by atoms with Gasteiger partial charge in [-0.2, -0.15) is 5.26 Å². The summed E-state index contributed by atoms with van der Waals surface area (Å²) in [5.41, 5.74) is 0.905. The van der Waals surface area contributed by atoms with E-state index >= 15 is 0 Å². The molecule has 1 heterocycles. The minimum atomic E-state index is -0.405. The van der Waals surface area contributed by atoms with Gasteiger partial charge in [-0.25, -0.2) is 4.39 Å². The minimum absolute atomic E-state index is 0.117. The number of hydrogen-bond donors (Lipinski definition) is 0. The van der Waals surface area contributed by atoms with Gasteiger partial charge in [0.1, 0.15) is 5.82 Å². The van der Waals surface area contributed by atoms with Crippen molar-refractivity contribution < 1.29 is 4.39 Å². The van der Waals surface area contributed by atoms with Crippen molar-refractivity contribution in [2.45, 2.75) is 6.54 Å². The van der Waals surface area contributed by atoms with E-state index in [1.165, 1.54) is 22.8 Å². The highest BCUT2D eigenvalue weighted by Gasteiger charge is 2.05. The zero-order valence-electron chi connectivity index (χ0n) is 8.18. The molecule has 0 N–H and O–H groups in total. The molecule has 0 aliphatic rings. The van der Waals surface area contributed by atoms with Gasteiger partial charge in [-0.05, 0) is 23.8 Å². The molecule has 0 fully saturated rings. The predicted molar refractivity (Wildman–Crippen MR) is 58.8 cm³/mol. The number of thiazole rings is 1. The molecule has 0 radical (unpaired) electrons. The fourth-order valence-corrected chi connectivity index (χ4v) is 1.98. The SMILES string of the molecule is N#Cc1ccc(F)cc1Cn1ccsc1=O. The van der Waals surface area contributed by atoms with E-state index in [4.69, 9.17) is 5.26 Å². The van der Waals surface area contributed by atoms with Crippen LogP contribution in [0.4, 0.5) is 4.39 Å². The molecule has 0 atom stereocenters. The summed E-state index contributed by atoms with van der Waals surface area (Å²) in [7, 11) is 0. The van der Waals surface area contributed by atoms with Crippen molar-refractivity contribution in [3.63, 3.8) is 0 Å². The number of aromatic nitrogens is 1. The van der Waals surface area contributed by atoms with E-state index in [-0.39, 0.29) is 11.4 Å². The van der Waals surface area contributed by atoms with Gasteiger partial charge in [0.15, 0.2) is 0 Å². The lowest BCUT2D eigenvalue weighted by Gasteiger charge is -2.04. The highest BCUT2D eigenvalue weighted by atomic mass is 32.1. The molecule has 0 unspecified atom stereocenters. The van der Waals surface area contributed by atoms with E-state index in [0.717, 1.165) is 11.3 Å². The number of hydrogen-bond acceptors (Lipinski definition) is 3. The molecule has 0 saturated carbocycles. The van der Waals surface area contributed by atoms with Gasteiger partial charge in [0.05, 0.1) is 18.2 Å². The molecule has 0 aliphatic heterocycles. The maximum atomic E-state index is 13.0. The molecule has 1 aromatic heterocycles. The molecule has 2 rings (SSSR count). The van der Waals surface area contributed by atoms with Crippen LogP contribution in [0, 0.1) is 17.1 Å². The molecule has 2 aromatic rings. The Morgan fingerprint density at radius 2 is 2.31 bits per heavy atom. The van der Waals surface area contributed by atoms with Crippen molar-refractivity contribution in [2.24, 2.45) is 0 Å². The Labute approximate surface area is 95.0 Å². The summed E-state index contributed by atoms with van der Waals surface area (Å²) in [5.74, 6) is -0.405. The highest BCUT2D eigenvalue weighted by molar-refractivity contribution is 7.07. The summed E-state index contributed by atoms with van der Waals surface area (Å²) in [6, 6.07) is 5.91. The molecule has 0 bridgehead atoms. The summed E-state index contributed by atoms with van der Waals surface area (Å²) in [6.07, 6.45) is 1.62. The van der Waals surface area contributed by atoms with Crippen LogP contribution in [-0.4, -0.2) is 4.57 Å². The van der Waals surface area contributed by atoms with E-state index in [1.807, 2.05) is 6.07 Å². The third-order valence-corrected chi connectivity index (χ3v) is 2.87. The molecule has 0 saturated heterocycles. The molecule has 0 amide bonds. The summed E-state index contributed by atoms with van der Waals surface area (Å²) in [5, 5.41) is 10.5. The minimum Gasteiger partial charge on any atom is -0.301 e. The van der Waals surface area contributed by atoms with Crippen LogP contribution in [0.1, 0.15) is 11.1 Å². The maximum absolute atomic E-state index is 13.0. The Balaban J connectivity index is 2.42. The van der Waals surface area contributed by atoms with Crippen LogP contribution in [0.5, 0.6) is 0 Å². The second kappa shape index (κ2) is 4.29. The largest absolute Gasteiger partial charge is 0.307 e. The first-order chi connectivity index (χ1) is 7.70. The van der Waals surface area contributed by atoms with Gasteiger partial charge in [-0.3, -0.25) is 4.79 Å². The van der Waals surface area contributed by atoms with Gasteiger partial charge in [0.2, 0.25) is 0 Å². The van der Waals surface area contributed by atoms with Crippen molar-refractivity contribution in [3.05, 3.63) is 56.4 Å². The average Bonchev–Trinajstić information content (AvgIpc) is 2.65. The number of halogens is 1. The normalized spacial score (nSPS) is 10.0. The Bertz CT molecular complexity index is 609. The quantitative estimate of drug-likeness (QED) is 0.797. The van der Waals surface area contributed by atoms with Crippen LogP contribution >= 0.6 is 11.3 Å². The Morgan fingerprint density at radius 1 is 1.50 bits per heavy atom. The zero-order valence-corrected chi connectivity index (χ0v) is 9.00. The van der Waals surface area contributed by atoms with E-state index in [2.05, 4.69) is 0 Å². The van der Waals surface area contributed by atoms with Gasteiger partial charge in [0, 0.05) is 11.6 Å². The molecular formula is C11H7FN2OS. The van der Waals surface area contributed by atoms with Crippen LogP contribution in [0.3, 0.4) is 0 Å². The zero-order chi connectivity index (χ0) is 11.5. The third kappa shape index (κ3) is 2.02. The van der Waals surface area contributed by atoms with Crippen LogP contribution in [0.25, 0.3) is 0 Å². The highest BCUT2D eigenvalue weighted by Crippen LogP contribution is 2.11. The molecule has 16 heavy (non-hydrogen) atoms. The Morgan fingerprint density at radius 3 is 2.94 bits per heavy atom. The molecule has 80 valence electrons. The number of rotatable bonds is 2. The monoisotopic (exact) mass is 234 g/mol. The van der Waals surface area contributed by atoms with E-state index in [0.29, 0.717) is 11.1 Å². The second-order valence-corrected chi connectivity index (χ2v) is 4.07. The Hall–Kier alpha value is -1.93. The molecule has 3 nitrogen and oxygen atoms in total. The van der Waals surface area contributed by atoms with E-state index in [1.54, 1.807) is 11.6 Å². The molecule has 0 spiro atoms. The van der Waals surface area contributed by atoms with Crippen LogP contribution < -0.4 is 4.87 Å². The molecule has 1 aromatic carbocycles. The third-order valence-electron chi connectivity index (χ3n) is 2.17. The van der Waals surface area contributed by atoms with Gasteiger partial charge < -0.3 is 4.57 Å². The first-order valence-electron chi connectivity index (χ1n) is 4.53. The van der Waals surface area contributed by atoms with E-state index < -0.39 is 5.82 Å². The lowest BCUT2D eigenvalue weighted by atomic mass is 10.1. The molecular weight excluding hydrogens is 227 g/mol. The van der Waals surface area contributed by atoms with Crippen LogP contribution in [0.2, 0.25) is 0 Å². The summed E-state index contributed by atoms with van der Waals surface area (Å²) >= 11 is 1.07. The molecule has 0 aliphatic carbocycles. The van der Waals surface area contributed by atoms with Crippen molar-refractivity contribution >= 4 is 11.3 Å². The lowest BCUT2D eigenvalue weighted by Crippen LogP contribution is -2.13. The van der Waals surface area contributed by atoms with Crippen molar-refractivity contribution in [1.82, 2.24) is 4.57 Å². The molecule has 5 heteroatoms. The van der Waals surface area contributed by atoms with Crippen LogP contribution in [0.15, 0.2) is 34.6 Å². The number of nitriles is 1. The smallest absolute Gasteiger partial charge is 0.301 e. The van der Waals surface area contributed by atoms with Gasteiger partial charge in [0.25, 0.3) is 0 Å². The standard InChI is InChI=1S/C11H7FN2OS/c12-10-2-1-8(6-13)9(5-10)7-14-3-4-16-11(14)15/h1-5H,7H2. The second-order valence-electron chi connectivity index (χ2n) is 3.21. The lowest BCUT2D eigenvalue weighted by molar-refractivity contribution is 0.623. The summed E-state index contributed by atoms with van der Waals surface area (Å²) < 4.78 is 14.5. The fourth-order valence-electron chi connectivity index (χ4n) is 1.39. The van der Waals surface area contributed by atoms with Gasteiger partial charge in [-0.15, -0.1) is 0 Å². The number of benzene rings is 1. The van der Waals surface area contributed by atoms with Crippen molar-refractivity contribution in [2.75, 3.05) is 0 Å². The topological polar surface area (TPSA) is 45.8 Å². The summed E-state index contributed by atoms with van der Waals surface area (Å²) in [6.45, 7) is 0.225. The fraction of sp³-hybridized carbons (Fsp3) is 0.0909. The summed E-state index contributed by atoms with van der Waals surface area (Å²) in [4.78, 5) is 11.2. The number of nitrogens with zero attached hydrogens (tertiary/aromatic N) is 2. The van der Waals surface area contributed by atoms with Gasteiger partial charge in [-0.1, -0.05) is 11.3 Å². The van der Waals surface area contributed by atoms with E-state index in [9.17, 15) is 9.18 Å². The predicted octanol–water partition coefficient (Wildman–Crippen LogP) is 1.97. The van der Waals surface area contributed by atoms with Crippen molar-refractivity contribution in [3.8, 4) is 6.07 Å². The maximum Gasteiger partial charge on any atom is 0.307 e.